The molecule has 0 spiro atoms. The summed E-state index contributed by atoms with van der Waals surface area (Å²) in [6.07, 6.45) is 3.84. The van der Waals surface area contributed by atoms with Crippen molar-refractivity contribution in [1.82, 2.24) is 14.5 Å². The van der Waals surface area contributed by atoms with Crippen molar-refractivity contribution in [2.24, 2.45) is 5.73 Å². The maximum Gasteiger partial charge on any atom is 0.127 e. The lowest BCUT2D eigenvalue weighted by atomic mass is 9.99. The van der Waals surface area contributed by atoms with Crippen molar-refractivity contribution >= 4 is 27.5 Å². The molecule has 0 bridgehead atoms. The lowest BCUT2D eigenvalue weighted by Gasteiger charge is -2.22. The van der Waals surface area contributed by atoms with Crippen LogP contribution in [0.2, 0.25) is 0 Å². The van der Waals surface area contributed by atoms with E-state index in [1.807, 2.05) is 33.0 Å². The number of benzene rings is 1. The Bertz CT molecular complexity index is 1000. The predicted octanol–water partition coefficient (Wildman–Crippen LogP) is 4.51. The lowest BCUT2D eigenvalue weighted by Crippen LogP contribution is -2.20. The Labute approximate surface area is 172 Å². The monoisotopic (exact) mass is 396 g/mol. The Morgan fingerprint density at radius 3 is 2.62 bits per heavy atom. The average Bonchev–Trinajstić information content (AvgIpc) is 3.14. The maximum atomic E-state index is 5.95. The molecule has 1 fully saturated rings. The molecule has 4 rings (SSSR count). The minimum Gasteiger partial charge on any atom is -0.496 e. The predicted molar refractivity (Wildman–Crippen MR) is 119 cm³/mol. The van der Waals surface area contributed by atoms with Crippen LogP contribution in [0.3, 0.4) is 0 Å². The zero-order valence-corrected chi connectivity index (χ0v) is 18.0. The van der Waals surface area contributed by atoms with Gasteiger partial charge in [-0.2, -0.15) is 0 Å². The van der Waals surface area contributed by atoms with Crippen LogP contribution in [0, 0.1) is 0 Å². The van der Waals surface area contributed by atoms with E-state index in [1.54, 1.807) is 7.11 Å². The number of ether oxygens (including phenoxy) is 2. The van der Waals surface area contributed by atoms with Gasteiger partial charge in [0.05, 0.1) is 24.3 Å². The van der Waals surface area contributed by atoms with E-state index in [-0.39, 0.29) is 0 Å². The van der Waals surface area contributed by atoms with E-state index in [0.29, 0.717) is 12.5 Å². The fourth-order valence-electron chi connectivity index (χ4n) is 3.98. The molecule has 6 nitrogen and oxygen atoms in total. The summed E-state index contributed by atoms with van der Waals surface area (Å²) in [7, 11) is 1.69. The van der Waals surface area contributed by atoms with E-state index >= 15 is 0 Å². The fraction of sp³-hybridized carbons (Fsp3) is 0.478. The van der Waals surface area contributed by atoms with Gasteiger partial charge in [-0.25, -0.2) is 4.98 Å². The van der Waals surface area contributed by atoms with Gasteiger partial charge in [-0.15, -0.1) is 0 Å². The number of hydrogen-bond donors (Lipinski definition) is 1. The van der Waals surface area contributed by atoms with E-state index in [4.69, 9.17) is 20.2 Å². The van der Waals surface area contributed by atoms with Crippen molar-refractivity contribution in [3.8, 4) is 5.75 Å². The molecule has 0 radical (unpaired) electrons. The van der Waals surface area contributed by atoms with Crippen LogP contribution in [0.1, 0.15) is 50.9 Å². The second-order valence-electron chi connectivity index (χ2n) is 7.14. The largest absolute Gasteiger partial charge is 0.496 e. The Kier molecular flexibility index (Phi) is 6.87. The van der Waals surface area contributed by atoms with Gasteiger partial charge < -0.3 is 19.8 Å². The maximum absolute atomic E-state index is 5.95. The van der Waals surface area contributed by atoms with E-state index in [2.05, 4.69) is 22.2 Å². The van der Waals surface area contributed by atoms with Crippen LogP contribution in [-0.4, -0.2) is 41.4 Å². The van der Waals surface area contributed by atoms with Gasteiger partial charge in [0.25, 0.3) is 0 Å². The standard InChI is InChI=1S/C21H26N4O2.C2H6/c1-13(2)15-10-17-16(11-19(15)26-3)20-18(12-23-17)24-21(25(20)7-6-22)14-4-8-27-9-5-14;1-2/h10-12,14H,1,4-9,22H2,2-3H3;1-2H3. The molecule has 1 aliphatic rings. The smallest absolute Gasteiger partial charge is 0.127 e. The first-order chi connectivity index (χ1) is 14.1. The van der Waals surface area contributed by atoms with Crippen LogP contribution in [0.5, 0.6) is 5.75 Å². The second kappa shape index (κ2) is 9.37. The van der Waals surface area contributed by atoms with Gasteiger partial charge >= 0.3 is 0 Å². The summed E-state index contributed by atoms with van der Waals surface area (Å²) in [6, 6.07) is 4.10. The molecular formula is C23H32N4O2. The minimum absolute atomic E-state index is 0.393. The molecule has 2 aromatic heterocycles. The number of rotatable bonds is 5. The summed E-state index contributed by atoms with van der Waals surface area (Å²) < 4.78 is 13.4. The molecule has 3 heterocycles. The topological polar surface area (TPSA) is 75.2 Å². The minimum atomic E-state index is 0.393. The number of fused-ring (bicyclic) bond motifs is 3. The van der Waals surface area contributed by atoms with Crippen molar-refractivity contribution in [3.05, 3.63) is 36.3 Å². The third-order valence-electron chi connectivity index (χ3n) is 5.32. The van der Waals surface area contributed by atoms with Gasteiger partial charge in [0.1, 0.15) is 17.1 Å². The number of allylic oxidation sites excluding steroid dienone is 1. The SMILES string of the molecule is C=C(C)c1cc2ncc3nc(C4CCOCC4)n(CCN)c3c2cc1OC.CC. The molecular weight excluding hydrogens is 364 g/mol. The molecule has 2 N–H and O–H groups in total. The van der Waals surface area contributed by atoms with Crippen molar-refractivity contribution in [1.29, 1.82) is 0 Å². The first-order valence-electron chi connectivity index (χ1n) is 10.4. The highest BCUT2D eigenvalue weighted by molar-refractivity contribution is 6.04. The van der Waals surface area contributed by atoms with Gasteiger partial charge in [-0.1, -0.05) is 20.4 Å². The molecule has 3 aromatic rings. The van der Waals surface area contributed by atoms with Gasteiger partial charge in [0.2, 0.25) is 0 Å². The van der Waals surface area contributed by atoms with Gasteiger partial charge in [-0.05, 0) is 37.5 Å². The number of nitrogens with zero attached hydrogens (tertiary/aromatic N) is 3. The number of aromatic nitrogens is 3. The molecule has 0 amide bonds. The number of imidazole rings is 1. The highest BCUT2D eigenvalue weighted by Crippen LogP contribution is 2.35. The van der Waals surface area contributed by atoms with E-state index in [9.17, 15) is 0 Å². The van der Waals surface area contributed by atoms with Crippen LogP contribution in [0.4, 0.5) is 0 Å². The third kappa shape index (κ3) is 4.00. The van der Waals surface area contributed by atoms with Crippen LogP contribution < -0.4 is 10.5 Å². The van der Waals surface area contributed by atoms with E-state index < -0.39 is 0 Å². The number of hydrogen-bond acceptors (Lipinski definition) is 5. The van der Waals surface area contributed by atoms with Crippen LogP contribution >= 0.6 is 0 Å². The van der Waals surface area contributed by atoms with Gasteiger partial charge in [-0.3, -0.25) is 4.98 Å². The summed E-state index contributed by atoms with van der Waals surface area (Å²) in [5.41, 5.74) is 10.8. The molecule has 29 heavy (non-hydrogen) atoms. The molecule has 6 heteroatoms. The number of methoxy groups -OCH3 is 1. The van der Waals surface area contributed by atoms with Crippen molar-refractivity contribution in [3.63, 3.8) is 0 Å². The van der Waals surface area contributed by atoms with E-state index in [0.717, 1.165) is 77.2 Å². The molecule has 1 aliphatic heterocycles. The molecule has 0 aliphatic carbocycles. The second-order valence-corrected chi connectivity index (χ2v) is 7.14. The van der Waals surface area contributed by atoms with Crippen molar-refractivity contribution < 1.29 is 9.47 Å². The highest BCUT2D eigenvalue weighted by atomic mass is 16.5. The van der Waals surface area contributed by atoms with Gasteiger partial charge in [0, 0.05) is 43.2 Å². The molecule has 1 saturated heterocycles. The summed E-state index contributed by atoms with van der Waals surface area (Å²) in [4.78, 5) is 9.61. The zero-order valence-electron chi connectivity index (χ0n) is 18.0. The summed E-state index contributed by atoms with van der Waals surface area (Å²) in [6.45, 7) is 12.9. The fourth-order valence-corrected chi connectivity index (χ4v) is 3.98. The number of nitrogens with two attached hydrogens (primary N) is 1. The summed E-state index contributed by atoms with van der Waals surface area (Å²) in [5.74, 6) is 2.29. The van der Waals surface area contributed by atoms with E-state index in [1.165, 1.54) is 0 Å². The lowest BCUT2D eigenvalue weighted by molar-refractivity contribution is 0.0829. The third-order valence-corrected chi connectivity index (χ3v) is 5.32. The van der Waals surface area contributed by atoms with Gasteiger partial charge in [0.15, 0.2) is 0 Å². The molecule has 0 saturated carbocycles. The van der Waals surface area contributed by atoms with Crippen LogP contribution in [0.15, 0.2) is 24.9 Å². The normalized spacial score (nSPS) is 14.7. The van der Waals surface area contributed by atoms with Crippen LogP contribution in [-0.2, 0) is 11.3 Å². The molecule has 1 aromatic carbocycles. The molecule has 0 unspecified atom stereocenters. The summed E-state index contributed by atoms with van der Waals surface area (Å²) in [5, 5.41) is 1.04. The van der Waals surface area contributed by atoms with Crippen molar-refractivity contribution in [2.45, 2.75) is 46.1 Å². The Balaban J connectivity index is 0.00000117. The summed E-state index contributed by atoms with van der Waals surface area (Å²) >= 11 is 0. The average molecular weight is 397 g/mol. The molecule has 0 atom stereocenters. The van der Waals surface area contributed by atoms with Crippen LogP contribution in [0.25, 0.3) is 27.5 Å². The first-order valence-corrected chi connectivity index (χ1v) is 10.4. The quantitative estimate of drug-likeness (QED) is 0.687. The van der Waals surface area contributed by atoms with Crippen molar-refractivity contribution in [2.75, 3.05) is 26.9 Å². The Hall–Kier alpha value is -2.44. The molecule has 156 valence electrons. The Morgan fingerprint density at radius 2 is 2.00 bits per heavy atom. The zero-order chi connectivity index (χ0) is 21.0. The Morgan fingerprint density at radius 1 is 1.28 bits per heavy atom. The first kappa shape index (κ1) is 21.3. The number of pyridine rings is 1. The highest BCUT2D eigenvalue weighted by Gasteiger charge is 2.24.